The summed E-state index contributed by atoms with van der Waals surface area (Å²) < 4.78 is 15.2. The molecule has 0 aromatic heterocycles. The fourth-order valence-electron chi connectivity index (χ4n) is 2.06. The van der Waals surface area contributed by atoms with E-state index in [9.17, 15) is 14.4 Å². The summed E-state index contributed by atoms with van der Waals surface area (Å²) in [5, 5.41) is 0. The molecule has 0 aliphatic carbocycles. The standard InChI is InChI=1S/C17H23NO6/c1-3-22-15(20)17(11-8-12-18,16(21)23-4-2)24-14(19)13-9-6-5-7-10-13/h5-7,9-10H,3-4,8,11-12,18H2,1-2H3. The lowest BCUT2D eigenvalue weighted by Crippen LogP contribution is -2.52. The van der Waals surface area contributed by atoms with Crippen molar-refractivity contribution in [1.82, 2.24) is 0 Å². The zero-order chi connectivity index (χ0) is 18.0. The number of carbonyl (C=O) groups excluding carboxylic acids is 3. The van der Waals surface area contributed by atoms with Gasteiger partial charge in [-0.15, -0.1) is 0 Å². The molecule has 0 aliphatic heterocycles. The molecule has 0 saturated carbocycles. The second kappa shape index (κ2) is 9.67. The Labute approximate surface area is 141 Å². The minimum absolute atomic E-state index is 0.0332. The lowest BCUT2D eigenvalue weighted by molar-refractivity contribution is -0.184. The molecule has 0 atom stereocenters. The van der Waals surface area contributed by atoms with Crippen LogP contribution in [0.4, 0.5) is 0 Å². The molecule has 7 nitrogen and oxygen atoms in total. The number of hydrogen-bond donors (Lipinski definition) is 1. The van der Waals surface area contributed by atoms with Crippen LogP contribution in [0, 0.1) is 0 Å². The zero-order valence-corrected chi connectivity index (χ0v) is 13.9. The Morgan fingerprint density at radius 3 is 2.00 bits per heavy atom. The van der Waals surface area contributed by atoms with E-state index in [1.54, 1.807) is 32.0 Å². The van der Waals surface area contributed by atoms with Crippen molar-refractivity contribution >= 4 is 17.9 Å². The lowest BCUT2D eigenvalue weighted by atomic mass is 9.97. The largest absolute Gasteiger partial charge is 0.463 e. The Morgan fingerprint density at radius 1 is 1.00 bits per heavy atom. The highest BCUT2D eigenvalue weighted by molar-refractivity contribution is 6.06. The lowest BCUT2D eigenvalue weighted by Gasteiger charge is -2.28. The van der Waals surface area contributed by atoms with Crippen molar-refractivity contribution in [2.75, 3.05) is 19.8 Å². The minimum Gasteiger partial charge on any atom is -0.463 e. The number of nitrogens with two attached hydrogens (primary N) is 1. The van der Waals surface area contributed by atoms with Gasteiger partial charge < -0.3 is 19.9 Å². The molecule has 2 N–H and O–H groups in total. The normalized spacial score (nSPS) is 10.8. The van der Waals surface area contributed by atoms with E-state index in [1.165, 1.54) is 12.1 Å². The van der Waals surface area contributed by atoms with Gasteiger partial charge in [-0.05, 0) is 38.9 Å². The molecule has 0 amide bonds. The highest BCUT2D eigenvalue weighted by atomic mass is 16.6. The molecule has 1 aromatic carbocycles. The molecule has 1 rings (SSSR count). The summed E-state index contributed by atoms with van der Waals surface area (Å²) in [4.78, 5) is 37.2. The third-order valence-corrected chi connectivity index (χ3v) is 3.22. The maximum atomic E-state index is 12.4. The molecule has 0 saturated heterocycles. The number of esters is 3. The highest BCUT2D eigenvalue weighted by Crippen LogP contribution is 2.25. The summed E-state index contributed by atoms with van der Waals surface area (Å²) in [5.41, 5.74) is 3.54. The van der Waals surface area contributed by atoms with Crippen molar-refractivity contribution in [3.8, 4) is 0 Å². The van der Waals surface area contributed by atoms with Crippen molar-refractivity contribution in [2.24, 2.45) is 5.73 Å². The summed E-state index contributed by atoms with van der Waals surface area (Å²) in [7, 11) is 0. The monoisotopic (exact) mass is 337 g/mol. The number of carbonyl (C=O) groups is 3. The number of hydrogen-bond acceptors (Lipinski definition) is 7. The van der Waals surface area contributed by atoms with E-state index in [-0.39, 0.29) is 38.2 Å². The molecule has 7 heteroatoms. The Morgan fingerprint density at radius 2 is 1.54 bits per heavy atom. The van der Waals surface area contributed by atoms with E-state index < -0.39 is 23.5 Å². The maximum Gasteiger partial charge on any atom is 0.362 e. The molecule has 0 fully saturated rings. The first-order chi connectivity index (χ1) is 11.5. The van der Waals surface area contributed by atoms with E-state index in [1.807, 2.05) is 0 Å². The van der Waals surface area contributed by atoms with Crippen molar-refractivity contribution in [2.45, 2.75) is 32.3 Å². The summed E-state index contributed by atoms with van der Waals surface area (Å²) in [6.45, 7) is 3.46. The van der Waals surface area contributed by atoms with Gasteiger partial charge in [0.15, 0.2) is 0 Å². The van der Waals surface area contributed by atoms with Crippen LogP contribution in [0.3, 0.4) is 0 Å². The SMILES string of the molecule is CCOC(=O)C(CCCN)(OC(=O)c1ccccc1)C(=O)OCC. The van der Waals surface area contributed by atoms with Crippen LogP contribution in [-0.4, -0.2) is 43.3 Å². The third-order valence-electron chi connectivity index (χ3n) is 3.22. The first-order valence-corrected chi connectivity index (χ1v) is 7.84. The van der Waals surface area contributed by atoms with Crippen LogP contribution in [0.1, 0.15) is 37.0 Å². The number of ether oxygens (including phenoxy) is 3. The van der Waals surface area contributed by atoms with Gasteiger partial charge in [0.1, 0.15) is 0 Å². The van der Waals surface area contributed by atoms with E-state index in [2.05, 4.69) is 0 Å². The molecule has 132 valence electrons. The van der Waals surface area contributed by atoms with Crippen molar-refractivity contribution in [3.63, 3.8) is 0 Å². The van der Waals surface area contributed by atoms with Gasteiger partial charge in [0.25, 0.3) is 0 Å². The van der Waals surface area contributed by atoms with E-state index in [0.29, 0.717) is 0 Å². The Balaban J connectivity index is 3.19. The summed E-state index contributed by atoms with van der Waals surface area (Å²) in [5.74, 6) is -2.73. The van der Waals surface area contributed by atoms with Crippen LogP contribution in [0.15, 0.2) is 30.3 Å². The second-order valence-electron chi connectivity index (χ2n) is 4.92. The Bertz CT molecular complexity index is 539. The quantitative estimate of drug-likeness (QED) is 0.413. The third kappa shape index (κ3) is 4.79. The van der Waals surface area contributed by atoms with E-state index in [4.69, 9.17) is 19.9 Å². The van der Waals surface area contributed by atoms with E-state index >= 15 is 0 Å². The molecule has 0 spiro atoms. The molecule has 1 aromatic rings. The van der Waals surface area contributed by atoms with Gasteiger partial charge in [0, 0.05) is 6.42 Å². The fraction of sp³-hybridized carbons (Fsp3) is 0.471. The average Bonchev–Trinajstić information content (AvgIpc) is 2.59. The second-order valence-corrected chi connectivity index (χ2v) is 4.92. The fourth-order valence-corrected chi connectivity index (χ4v) is 2.06. The van der Waals surface area contributed by atoms with Crippen LogP contribution in [0.5, 0.6) is 0 Å². The van der Waals surface area contributed by atoms with Gasteiger partial charge in [-0.2, -0.15) is 0 Å². The van der Waals surface area contributed by atoms with Crippen molar-refractivity contribution in [3.05, 3.63) is 35.9 Å². The summed E-state index contributed by atoms with van der Waals surface area (Å²) in [6.07, 6.45) is 0.166. The first-order valence-electron chi connectivity index (χ1n) is 7.84. The highest BCUT2D eigenvalue weighted by Gasteiger charge is 2.52. The molecular weight excluding hydrogens is 314 g/mol. The predicted molar refractivity (Wildman–Crippen MR) is 86.1 cm³/mol. The zero-order valence-electron chi connectivity index (χ0n) is 13.9. The smallest absolute Gasteiger partial charge is 0.362 e. The van der Waals surface area contributed by atoms with Gasteiger partial charge in [-0.1, -0.05) is 18.2 Å². The van der Waals surface area contributed by atoms with Gasteiger partial charge in [0.2, 0.25) is 0 Å². The van der Waals surface area contributed by atoms with Gasteiger partial charge in [0.05, 0.1) is 18.8 Å². The first kappa shape index (κ1) is 19.6. The van der Waals surface area contributed by atoms with Crippen LogP contribution >= 0.6 is 0 Å². The van der Waals surface area contributed by atoms with Crippen LogP contribution in [-0.2, 0) is 23.8 Å². The molecule has 0 radical (unpaired) electrons. The van der Waals surface area contributed by atoms with Crippen LogP contribution < -0.4 is 5.73 Å². The Kier molecular flexibility index (Phi) is 7.91. The predicted octanol–water partition coefficient (Wildman–Crippen LogP) is 1.45. The number of benzene rings is 1. The van der Waals surface area contributed by atoms with Gasteiger partial charge in [-0.25, -0.2) is 14.4 Å². The Hall–Kier alpha value is -2.41. The molecule has 0 aliphatic rings. The van der Waals surface area contributed by atoms with Gasteiger partial charge in [-0.3, -0.25) is 0 Å². The number of rotatable bonds is 9. The van der Waals surface area contributed by atoms with Crippen molar-refractivity contribution in [1.29, 1.82) is 0 Å². The summed E-state index contributed by atoms with van der Waals surface area (Å²) in [6, 6.07) is 8.06. The molecule has 0 heterocycles. The molecule has 24 heavy (non-hydrogen) atoms. The van der Waals surface area contributed by atoms with Crippen molar-refractivity contribution < 1.29 is 28.6 Å². The van der Waals surface area contributed by atoms with Gasteiger partial charge >= 0.3 is 23.5 Å². The average molecular weight is 337 g/mol. The maximum absolute atomic E-state index is 12.4. The van der Waals surface area contributed by atoms with Crippen LogP contribution in [0.2, 0.25) is 0 Å². The topological polar surface area (TPSA) is 105 Å². The van der Waals surface area contributed by atoms with E-state index in [0.717, 1.165) is 0 Å². The molecule has 0 unspecified atom stereocenters. The van der Waals surface area contributed by atoms with Crippen LogP contribution in [0.25, 0.3) is 0 Å². The summed E-state index contributed by atoms with van der Waals surface area (Å²) >= 11 is 0. The molecule has 0 bridgehead atoms. The molecular formula is C17H23NO6. The minimum atomic E-state index is -2.15.